The highest BCUT2D eigenvalue weighted by Crippen LogP contribution is 2.38. The number of nitrogens with zero attached hydrogens (tertiary/aromatic N) is 2. The molecule has 6 nitrogen and oxygen atoms in total. The summed E-state index contributed by atoms with van der Waals surface area (Å²) < 4.78 is 16.7. The molecule has 0 aliphatic rings. The number of carbonyl (C=O) groups is 1. The SMILES string of the molecule is CCCCCCCCOc1ccc(C(=O)Oc2c(Cl)cc(N=Nc3ccc(OCC)cc3)cc2Cl)cc1. The summed E-state index contributed by atoms with van der Waals surface area (Å²) in [5.41, 5.74) is 1.43. The zero-order chi connectivity index (χ0) is 26.5. The Labute approximate surface area is 228 Å². The summed E-state index contributed by atoms with van der Waals surface area (Å²) in [6.07, 6.45) is 7.22. The van der Waals surface area contributed by atoms with Crippen molar-refractivity contribution in [2.75, 3.05) is 13.2 Å². The Morgan fingerprint density at radius 2 is 1.30 bits per heavy atom. The van der Waals surface area contributed by atoms with Crippen LogP contribution >= 0.6 is 23.2 Å². The maximum absolute atomic E-state index is 12.7. The molecule has 3 aromatic rings. The van der Waals surface area contributed by atoms with Gasteiger partial charge in [-0.15, -0.1) is 0 Å². The van der Waals surface area contributed by atoms with Crippen LogP contribution in [0.4, 0.5) is 11.4 Å². The maximum atomic E-state index is 12.7. The van der Waals surface area contributed by atoms with E-state index >= 15 is 0 Å². The zero-order valence-corrected chi connectivity index (χ0v) is 22.7. The average molecular weight is 543 g/mol. The number of unbranched alkanes of at least 4 members (excludes halogenated alkanes) is 5. The van der Waals surface area contributed by atoms with Gasteiger partial charge in [-0.25, -0.2) is 4.79 Å². The van der Waals surface area contributed by atoms with Gasteiger partial charge in [0, 0.05) is 0 Å². The summed E-state index contributed by atoms with van der Waals surface area (Å²) in [6.45, 7) is 5.38. The van der Waals surface area contributed by atoms with E-state index in [9.17, 15) is 4.79 Å². The Bertz CT molecular complexity index is 1140. The van der Waals surface area contributed by atoms with Gasteiger partial charge in [0.05, 0.1) is 40.2 Å². The third-order valence-electron chi connectivity index (χ3n) is 5.46. The molecule has 0 aromatic heterocycles. The van der Waals surface area contributed by atoms with Crippen LogP contribution in [0.15, 0.2) is 70.9 Å². The average Bonchev–Trinajstić information content (AvgIpc) is 2.90. The summed E-state index contributed by atoms with van der Waals surface area (Å²) in [4.78, 5) is 12.7. The number of esters is 1. The van der Waals surface area contributed by atoms with Crippen LogP contribution in [0.2, 0.25) is 10.0 Å². The van der Waals surface area contributed by atoms with Gasteiger partial charge in [-0.3, -0.25) is 0 Å². The second kappa shape index (κ2) is 15.2. The molecule has 8 heteroatoms. The predicted molar refractivity (Wildman–Crippen MR) is 149 cm³/mol. The standard InChI is InChI=1S/C29H32Cl2N2O4/c1-3-5-6-7-8-9-18-36-25-14-10-21(11-15-25)29(34)37-28-26(30)19-23(20-27(28)31)33-32-22-12-16-24(17-13-22)35-4-2/h10-17,19-20H,3-9,18H2,1-2H3. The molecule has 0 aliphatic carbocycles. The van der Waals surface area contributed by atoms with Gasteiger partial charge in [0.25, 0.3) is 0 Å². The Morgan fingerprint density at radius 3 is 1.95 bits per heavy atom. The molecule has 0 atom stereocenters. The molecule has 0 saturated heterocycles. The van der Waals surface area contributed by atoms with Crippen LogP contribution in [0.5, 0.6) is 17.2 Å². The minimum absolute atomic E-state index is 0.0664. The van der Waals surface area contributed by atoms with Crippen LogP contribution < -0.4 is 14.2 Å². The minimum atomic E-state index is -0.574. The van der Waals surface area contributed by atoms with Crippen LogP contribution in [0.1, 0.15) is 62.7 Å². The van der Waals surface area contributed by atoms with E-state index in [-0.39, 0.29) is 15.8 Å². The molecule has 0 saturated carbocycles. The summed E-state index contributed by atoms with van der Waals surface area (Å²) in [6, 6.07) is 17.1. The monoisotopic (exact) mass is 542 g/mol. The molecule has 0 unspecified atom stereocenters. The Hall–Kier alpha value is -3.09. The smallest absolute Gasteiger partial charge is 0.343 e. The molecule has 0 bridgehead atoms. The van der Waals surface area contributed by atoms with Crippen molar-refractivity contribution in [1.29, 1.82) is 0 Å². The number of azo groups is 1. The molecule has 0 spiro atoms. The second-order valence-electron chi connectivity index (χ2n) is 8.40. The first-order valence-corrected chi connectivity index (χ1v) is 13.3. The second-order valence-corrected chi connectivity index (χ2v) is 9.21. The lowest BCUT2D eigenvalue weighted by atomic mass is 10.1. The fourth-order valence-electron chi connectivity index (χ4n) is 3.50. The first-order chi connectivity index (χ1) is 18.0. The number of benzene rings is 3. The quantitative estimate of drug-likeness (QED) is 0.0878. The van der Waals surface area contributed by atoms with E-state index in [0.717, 1.165) is 18.6 Å². The van der Waals surface area contributed by atoms with Gasteiger partial charge >= 0.3 is 5.97 Å². The molecule has 0 aliphatic heterocycles. The van der Waals surface area contributed by atoms with E-state index in [1.165, 1.54) is 37.8 Å². The van der Waals surface area contributed by atoms with Gasteiger partial charge in [-0.2, -0.15) is 10.2 Å². The first kappa shape index (κ1) is 28.5. The molecule has 0 heterocycles. The van der Waals surface area contributed by atoms with E-state index in [1.54, 1.807) is 36.4 Å². The highest BCUT2D eigenvalue weighted by atomic mass is 35.5. The van der Waals surface area contributed by atoms with Crippen LogP contribution in [0.25, 0.3) is 0 Å². The molecule has 37 heavy (non-hydrogen) atoms. The Kier molecular flexibility index (Phi) is 11.7. The lowest BCUT2D eigenvalue weighted by Crippen LogP contribution is -2.09. The molecule has 0 amide bonds. The fourth-order valence-corrected chi connectivity index (χ4v) is 4.06. The van der Waals surface area contributed by atoms with Crippen LogP contribution in [-0.4, -0.2) is 19.2 Å². The fraction of sp³-hybridized carbons (Fsp3) is 0.345. The largest absolute Gasteiger partial charge is 0.494 e. The minimum Gasteiger partial charge on any atom is -0.494 e. The summed E-state index contributed by atoms with van der Waals surface area (Å²) in [7, 11) is 0. The van der Waals surface area contributed by atoms with Crippen molar-refractivity contribution in [3.05, 3.63) is 76.3 Å². The van der Waals surface area contributed by atoms with E-state index in [4.69, 9.17) is 37.4 Å². The Balaban J connectivity index is 1.54. The first-order valence-electron chi connectivity index (χ1n) is 12.6. The van der Waals surface area contributed by atoms with Crippen molar-refractivity contribution >= 4 is 40.5 Å². The van der Waals surface area contributed by atoms with E-state index in [1.807, 2.05) is 19.1 Å². The Morgan fingerprint density at radius 1 is 0.730 bits per heavy atom. The lowest BCUT2D eigenvalue weighted by Gasteiger charge is -2.10. The van der Waals surface area contributed by atoms with Gasteiger partial charge in [0.1, 0.15) is 11.5 Å². The van der Waals surface area contributed by atoms with Gasteiger partial charge in [0.15, 0.2) is 5.75 Å². The maximum Gasteiger partial charge on any atom is 0.343 e. The number of hydrogen-bond donors (Lipinski definition) is 0. The highest BCUT2D eigenvalue weighted by Gasteiger charge is 2.16. The van der Waals surface area contributed by atoms with Crippen molar-refractivity contribution in [3.63, 3.8) is 0 Å². The van der Waals surface area contributed by atoms with Crippen LogP contribution in [0.3, 0.4) is 0 Å². The van der Waals surface area contributed by atoms with Crippen molar-refractivity contribution in [2.45, 2.75) is 52.4 Å². The molecular formula is C29H32Cl2N2O4. The predicted octanol–water partition coefficient (Wildman–Crippen LogP) is 9.77. The summed E-state index contributed by atoms with van der Waals surface area (Å²) >= 11 is 12.7. The number of rotatable bonds is 14. The number of ether oxygens (including phenoxy) is 3. The highest BCUT2D eigenvalue weighted by molar-refractivity contribution is 6.37. The molecular weight excluding hydrogens is 511 g/mol. The van der Waals surface area contributed by atoms with Crippen molar-refractivity contribution in [1.82, 2.24) is 0 Å². The number of hydrogen-bond acceptors (Lipinski definition) is 6. The summed E-state index contributed by atoms with van der Waals surface area (Å²) in [5, 5.41) is 8.66. The topological polar surface area (TPSA) is 69.5 Å². The molecule has 196 valence electrons. The van der Waals surface area contributed by atoms with Gasteiger partial charge < -0.3 is 14.2 Å². The number of halogens is 2. The zero-order valence-electron chi connectivity index (χ0n) is 21.2. The van der Waals surface area contributed by atoms with E-state index < -0.39 is 5.97 Å². The van der Waals surface area contributed by atoms with Crippen molar-refractivity contribution in [3.8, 4) is 17.2 Å². The molecule has 3 rings (SSSR count). The summed E-state index contributed by atoms with van der Waals surface area (Å²) in [5.74, 6) is 0.962. The lowest BCUT2D eigenvalue weighted by molar-refractivity contribution is 0.0735. The van der Waals surface area contributed by atoms with Crippen LogP contribution in [-0.2, 0) is 0 Å². The van der Waals surface area contributed by atoms with Gasteiger partial charge in [-0.1, -0.05) is 62.2 Å². The van der Waals surface area contributed by atoms with Gasteiger partial charge in [-0.05, 0) is 74.0 Å². The normalized spacial score (nSPS) is 11.0. The molecule has 0 radical (unpaired) electrons. The molecule has 0 N–H and O–H groups in total. The van der Waals surface area contributed by atoms with Crippen molar-refractivity contribution in [2.24, 2.45) is 10.2 Å². The van der Waals surface area contributed by atoms with E-state index in [2.05, 4.69) is 17.2 Å². The van der Waals surface area contributed by atoms with Gasteiger partial charge in [0.2, 0.25) is 0 Å². The van der Waals surface area contributed by atoms with Crippen molar-refractivity contribution < 1.29 is 19.0 Å². The molecule has 0 fully saturated rings. The third kappa shape index (κ3) is 9.38. The third-order valence-corrected chi connectivity index (χ3v) is 6.02. The van der Waals surface area contributed by atoms with Crippen LogP contribution in [0, 0.1) is 0 Å². The number of carbonyl (C=O) groups excluding carboxylic acids is 1. The molecule has 3 aromatic carbocycles. The van der Waals surface area contributed by atoms with E-state index in [0.29, 0.717) is 35.9 Å².